The number of hydrogen-bond donors (Lipinski definition) is 1. The Morgan fingerprint density at radius 2 is 2.46 bits per heavy atom. The van der Waals surface area contributed by atoms with Gasteiger partial charge in [-0.25, -0.2) is 0 Å². The molecular weight excluding hydrogens is 188 g/mol. The standard InChI is InChI=1S/C9H7ClN2O/c1-2-3-9(13)12-8-6-11-5-4-7(8)10/h4-6H,1H3,(H,12,13). The van der Waals surface area contributed by atoms with E-state index in [0.717, 1.165) is 0 Å². The van der Waals surface area contributed by atoms with Gasteiger partial charge in [0, 0.05) is 6.20 Å². The largest absolute Gasteiger partial charge is 0.312 e. The predicted molar refractivity (Wildman–Crippen MR) is 51.3 cm³/mol. The van der Waals surface area contributed by atoms with Crippen molar-refractivity contribution in [2.24, 2.45) is 0 Å². The number of aromatic nitrogens is 1. The van der Waals surface area contributed by atoms with Crippen LogP contribution in [0, 0.1) is 11.8 Å². The summed E-state index contributed by atoms with van der Waals surface area (Å²) in [6, 6.07) is 1.59. The monoisotopic (exact) mass is 194 g/mol. The Balaban J connectivity index is 2.78. The van der Waals surface area contributed by atoms with Crippen LogP contribution in [0.15, 0.2) is 18.5 Å². The summed E-state index contributed by atoms with van der Waals surface area (Å²) in [4.78, 5) is 14.8. The Bertz CT molecular complexity index is 379. The lowest BCUT2D eigenvalue weighted by molar-refractivity contribution is -0.111. The summed E-state index contributed by atoms with van der Waals surface area (Å²) < 4.78 is 0. The van der Waals surface area contributed by atoms with Crippen LogP contribution in [0.4, 0.5) is 5.69 Å². The van der Waals surface area contributed by atoms with Gasteiger partial charge in [0.05, 0.1) is 16.9 Å². The third kappa shape index (κ3) is 2.77. The molecule has 4 heteroatoms. The number of pyridine rings is 1. The third-order valence-corrected chi connectivity index (χ3v) is 1.58. The average molecular weight is 195 g/mol. The number of nitrogens with zero attached hydrogens (tertiary/aromatic N) is 1. The summed E-state index contributed by atoms with van der Waals surface area (Å²) in [5, 5.41) is 2.95. The molecule has 13 heavy (non-hydrogen) atoms. The van der Waals surface area contributed by atoms with Crippen LogP contribution in [-0.4, -0.2) is 10.9 Å². The second-order valence-electron chi connectivity index (χ2n) is 2.18. The molecule has 0 saturated heterocycles. The van der Waals surface area contributed by atoms with Crippen LogP contribution in [0.1, 0.15) is 6.92 Å². The van der Waals surface area contributed by atoms with Crippen LogP contribution in [0.5, 0.6) is 0 Å². The SMILES string of the molecule is CC#CC(=O)Nc1cnccc1Cl. The van der Waals surface area contributed by atoms with E-state index in [2.05, 4.69) is 22.1 Å². The summed E-state index contributed by atoms with van der Waals surface area (Å²) >= 11 is 5.77. The van der Waals surface area contributed by atoms with Crippen LogP contribution in [0.25, 0.3) is 0 Å². The number of nitrogens with one attached hydrogen (secondary N) is 1. The van der Waals surface area contributed by atoms with Crippen molar-refractivity contribution in [3.8, 4) is 11.8 Å². The van der Waals surface area contributed by atoms with E-state index >= 15 is 0 Å². The minimum atomic E-state index is -0.391. The molecular formula is C9H7ClN2O. The van der Waals surface area contributed by atoms with E-state index in [9.17, 15) is 4.79 Å². The number of halogens is 1. The van der Waals surface area contributed by atoms with E-state index in [1.54, 1.807) is 19.2 Å². The highest BCUT2D eigenvalue weighted by atomic mass is 35.5. The van der Waals surface area contributed by atoms with Gasteiger partial charge in [0.2, 0.25) is 0 Å². The maximum absolute atomic E-state index is 11.0. The van der Waals surface area contributed by atoms with Crippen molar-refractivity contribution >= 4 is 23.2 Å². The Hall–Kier alpha value is -1.53. The molecule has 1 heterocycles. The quantitative estimate of drug-likeness (QED) is 0.692. The molecule has 0 unspecified atom stereocenters. The highest BCUT2D eigenvalue weighted by molar-refractivity contribution is 6.33. The van der Waals surface area contributed by atoms with Gasteiger partial charge < -0.3 is 5.32 Å². The maximum atomic E-state index is 11.0. The molecule has 1 amide bonds. The first kappa shape index (κ1) is 9.56. The summed E-state index contributed by atoms with van der Waals surface area (Å²) in [6.07, 6.45) is 3.01. The zero-order valence-corrected chi connectivity index (χ0v) is 7.72. The molecule has 0 saturated carbocycles. The molecule has 0 aromatic carbocycles. The number of rotatable bonds is 1. The molecule has 3 nitrogen and oxygen atoms in total. The highest BCUT2D eigenvalue weighted by Crippen LogP contribution is 2.18. The molecule has 1 aromatic rings. The summed E-state index contributed by atoms with van der Waals surface area (Å²) in [5.41, 5.74) is 0.469. The fraction of sp³-hybridized carbons (Fsp3) is 0.111. The molecule has 0 fully saturated rings. The minimum Gasteiger partial charge on any atom is -0.312 e. The molecule has 1 N–H and O–H groups in total. The number of hydrogen-bond acceptors (Lipinski definition) is 2. The Morgan fingerprint density at radius 3 is 3.08 bits per heavy atom. The van der Waals surface area contributed by atoms with E-state index in [0.29, 0.717) is 10.7 Å². The van der Waals surface area contributed by atoms with Crippen molar-refractivity contribution < 1.29 is 4.79 Å². The second-order valence-corrected chi connectivity index (χ2v) is 2.59. The molecule has 1 aromatic heterocycles. The maximum Gasteiger partial charge on any atom is 0.300 e. The molecule has 0 aliphatic rings. The number of carbonyl (C=O) groups is 1. The molecule has 0 spiro atoms. The Kier molecular flexibility index (Phi) is 3.30. The predicted octanol–water partition coefficient (Wildman–Crippen LogP) is 1.70. The van der Waals surface area contributed by atoms with Crippen molar-refractivity contribution in [2.75, 3.05) is 5.32 Å². The third-order valence-electron chi connectivity index (χ3n) is 1.25. The van der Waals surface area contributed by atoms with Crippen LogP contribution >= 0.6 is 11.6 Å². The first-order valence-corrected chi connectivity index (χ1v) is 3.95. The molecule has 0 aliphatic heterocycles. The lowest BCUT2D eigenvalue weighted by atomic mass is 10.4. The second kappa shape index (κ2) is 4.48. The van der Waals surface area contributed by atoms with Crippen LogP contribution < -0.4 is 5.32 Å². The van der Waals surface area contributed by atoms with E-state index in [4.69, 9.17) is 11.6 Å². The number of anilines is 1. The topological polar surface area (TPSA) is 42.0 Å². The molecule has 1 rings (SSSR count). The normalized spacial score (nSPS) is 8.46. The van der Waals surface area contributed by atoms with Gasteiger partial charge in [-0.1, -0.05) is 17.5 Å². The van der Waals surface area contributed by atoms with Gasteiger partial charge in [0.1, 0.15) is 0 Å². The Labute approximate surface area is 81.1 Å². The lowest BCUT2D eigenvalue weighted by Gasteiger charge is -2.01. The summed E-state index contributed by atoms with van der Waals surface area (Å²) in [5.74, 6) is 4.43. The molecule has 0 aliphatic carbocycles. The summed E-state index contributed by atoms with van der Waals surface area (Å²) in [6.45, 7) is 1.59. The first-order chi connectivity index (χ1) is 6.24. The van der Waals surface area contributed by atoms with Crippen molar-refractivity contribution in [1.29, 1.82) is 0 Å². The van der Waals surface area contributed by atoms with Gasteiger partial charge in [-0.05, 0) is 18.9 Å². The zero-order valence-electron chi connectivity index (χ0n) is 6.97. The van der Waals surface area contributed by atoms with Gasteiger partial charge in [0.25, 0.3) is 5.91 Å². The van der Waals surface area contributed by atoms with E-state index < -0.39 is 5.91 Å². The molecule has 66 valence electrons. The number of carbonyl (C=O) groups excluding carboxylic acids is 1. The fourth-order valence-corrected chi connectivity index (χ4v) is 0.889. The highest BCUT2D eigenvalue weighted by Gasteiger charge is 2.01. The van der Waals surface area contributed by atoms with Gasteiger partial charge in [-0.2, -0.15) is 0 Å². The summed E-state index contributed by atoms with van der Waals surface area (Å²) in [7, 11) is 0. The average Bonchev–Trinajstić information content (AvgIpc) is 2.09. The van der Waals surface area contributed by atoms with Gasteiger partial charge >= 0.3 is 0 Å². The van der Waals surface area contributed by atoms with E-state index in [1.807, 2.05) is 0 Å². The first-order valence-electron chi connectivity index (χ1n) is 3.57. The number of amides is 1. The lowest BCUT2D eigenvalue weighted by Crippen LogP contribution is -2.08. The minimum absolute atomic E-state index is 0.391. The van der Waals surface area contributed by atoms with Crippen LogP contribution in [0.3, 0.4) is 0 Å². The van der Waals surface area contributed by atoms with Crippen LogP contribution in [0.2, 0.25) is 5.02 Å². The fourth-order valence-electron chi connectivity index (χ4n) is 0.737. The molecule has 0 atom stereocenters. The van der Waals surface area contributed by atoms with Gasteiger partial charge in [0.15, 0.2) is 0 Å². The van der Waals surface area contributed by atoms with Crippen molar-refractivity contribution in [2.45, 2.75) is 6.92 Å². The van der Waals surface area contributed by atoms with Crippen molar-refractivity contribution in [1.82, 2.24) is 4.98 Å². The smallest absolute Gasteiger partial charge is 0.300 e. The van der Waals surface area contributed by atoms with Gasteiger partial charge in [-0.15, -0.1) is 0 Å². The Morgan fingerprint density at radius 1 is 1.69 bits per heavy atom. The van der Waals surface area contributed by atoms with Crippen molar-refractivity contribution in [3.05, 3.63) is 23.5 Å². The molecule has 0 radical (unpaired) electrons. The zero-order chi connectivity index (χ0) is 9.68. The van der Waals surface area contributed by atoms with Crippen LogP contribution in [-0.2, 0) is 4.79 Å². The van der Waals surface area contributed by atoms with Crippen molar-refractivity contribution in [3.63, 3.8) is 0 Å². The van der Waals surface area contributed by atoms with E-state index in [-0.39, 0.29) is 0 Å². The molecule has 0 bridgehead atoms. The van der Waals surface area contributed by atoms with E-state index in [1.165, 1.54) is 6.20 Å². The van der Waals surface area contributed by atoms with Gasteiger partial charge in [-0.3, -0.25) is 9.78 Å².